The topological polar surface area (TPSA) is 58.1 Å². The molecule has 0 aliphatic carbocycles. The van der Waals surface area contributed by atoms with E-state index >= 15 is 0 Å². The van der Waals surface area contributed by atoms with Crippen LogP contribution in [-0.2, 0) is 0 Å². The second kappa shape index (κ2) is 10.4. The zero-order valence-corrected chi connectivity index (χ0v) is 16.6. The van der Waals surface area contributed by atoms with Crippen molar-refractivity contribution >= 4 is 11.6 Å². The highest BCUT2D eigenvalue weighted by molar-refractivity contribution is 5.93. The van der Waals surface area contributed by atoms with Gasteiger partial charge in [0.05, 0.1) is 20.3 Å². The molecule has 0 bridgehead atoms. The molecule has 158 valence electrons. The highest BCUT2D eigenvalue weighted by Crippen LogP contribution is 2.30. The molecule has 0 aromatic heterocycles. The standard InChI is InChI=1S/C19H29F3N4O2/c1-4-23-18(24-11-14-8-9-26(12-14)13-19(20,21)22)25-15-6-7-16(28-5-2)17(10-15)27-3/h6-7,10,14H,4-5,8-9,11-13H2,1-3H3,(H2,23,24,25). The third-order valence-corrected chi connectivity index (χ3v) is 4.35. The van der Waals surface area contributed by atoms with E-state index in [1.807, 2.05) is 32.0 Å². The van der Waals surface area contributed by atoms with Gasteiger partial charge in [-0.3, -0.25) is 9.89 Å². The summed E-state index contributed by atoms with van der Waals surface area (Å²) in [6, 6.07) is 5.50. The summed E-state index contributed by atoms with van der Waals surface area (Å²) < 4.78 is 48.4. The van der Waals surface area contributed by atoms with E-state index in [0.29, 0.717) is 50.2 Å². The Bertz CT molecular complexity index is 653. The Balaban J connectivity index is 1.97. The van der Waals surface area contributed by atoms with Gasteiger partial charge in [-0.15, -0.1) is 0 Å². The average molecular weight is 402 g/mol. The highest BCUT2D eigenvalue weighted by Gasteiger charge is 2.34. The number of methoxy groups -OCH3 is 1. The monoisotopic (exact) mass is 402 g/mol. The first-order valence-electron chi connectivity index (χ1n) is 9.49. The number of likely N-dealkylation sites (tertiary alicyclic amines) is 1. The van der Waals surface area contributed by atoms with E-state index in [1.54, 1.807) is 7.11 Å². The van der Waals surface area contributed by atoms with E-state index in [-0.39, 0.29) is 5.92 Å². The van der Waals surface area contributed by atoms with E-state index in [0.717, 1.165) is 12.1 Å². The van der Waals surface area contributed by atoms with Gasteiger partial charge in [-0.2, -0.15) is 13.2 Å². The molecule has 1 aliphatic heterocycles. The van der Waals surface area contributed by atoms with Gasteiger partial charge in [-0.1, -0.05) is 0 Å². The summed E-state index contributed by atoms with van der Waals surface area (Å²) in [6.07, 6.45) is -3.43. The summed E-state index contributed by atoms with van der Waals surface area (Å²) >= 11 is 0. The van der Waals surface area contributed by atoms with Crippen molar-refractivity contribution < 1.29 is 22.6 Å². The number of anilines is 1. The molecule has 9 heteroatoms. The molecule has 6 nitrogen and oxygen atoms in total. The maximum atomic E-state index is 12.5. The lowest BCUT2D eigenvalue weighted by molar-refractivity contribution is -0.143. The third-order valence-electron chi connectivity index (χ3n) is 4.35. The van der Waals surface area contributed by atoms with Crippen LogP contribution in [0.3, 0.4) is 0 Å². The number of hydrogen-bond donors (Lipinski definition) is 2. The van der Waals surface area contributed by atoms with Crippen LogP contribution in [-0.4, -0.2) is 63.5 Å². The molecular formula is C19H29F3N4O2. The van der Waals surface area contributed by atoms with Gasteiger partial charge in [-0.05, 0) is 44.9 Å². The molecule has 0 radical (unpaired) electrons. The molecule has 2 N–H and O–H groups in total. The van der Waals surface area contributed by atoms with Crippen LogP contribution >= 0.6 is 0 Å². The van der Waals surface area contributed by atoms with Crippen LogP contribution in [0.4, 0.5) is 18.9 Å². The molecule has 0 amide bonds. The molecule has 1 aromatic carbocycles. The Morgan fingerprint density at radius 2 is 2.07 bits per heavy atom. The maximum Gasteiger partial charge on any atom is 0.401 e. The smallest absolute Gasteiger partial charge is 0.401 e. The first-order chi connectivity index (χ1) is 13.3. The Morgan fingerprint density at radius 3 is 2.71 bits per heavy atom. The van der Waals surface area contributed by atoms with Crippen LogP contribution in [0.2, 0.25) is 0 Å². The Kier molecular flexibility index (Phi) is 8.22. The molecule has 1 aliphatic rings. The number of hydrogen-bond acceptors (Lipinski definition) is 4. The average Bonchev–Trinajstić information content (AvgIpc) is 3.06. The van der Waals surface area contributed by atoms with E-state index in [2.05, 4.69) is 15.6 Å². The van der Waals surface area contributed by atoms with Gasteiger partial charge in [0.15, 0.2) is 17.5 Å². The SMILES string of the molecule is CCNC(=NCC1CCN(CC(F)(F)F)C1)Nc1ccc(OCC)c(OC)c1. The first kappa shape index (κ1) is 22.1. The van der Waals surface area contributed by atoms with E-state index in [4.69, 9.17) is 9.47 Å². The van der Waals surface area contributed by atoms with Gasteiger partial charge in [0.1, 0.15) is 0 Å². The van der Waals surface area contributed by atoms with Crippen molar-refractivity contribution in [1.82, 2.24) is 10.2 Å². The van der Waals surface area contributed by atoms with E-state index < -0.39 is 12.7 Å². The highest BCUT2D eigenvalue weighted by atomic mass is 19.4. The number of ether oxygens (including phenoxy) is 2. The lowest BCUT2D eigenvalue weighted by Gasteiger charge is -2.17. The minimum absolute atomic E-state index is 0.118. The van der Waals surface area contributed by atoms with Crippen LogP contribution < -0.4 is 20.1 Å². The van der Waals surface area contributed by atoms with Crippen molar-refractivity contribution in [3.8, 4) is 11.5 Å². The summed E-state index contributed by atoms with van der Waals surface area (Å²) in [6.45, 7) is 5.57. The van der Waals surface area contributed by atoms with Gasteiger partial charge in [-0.25, -0.2) is 0 Å². The van der Waals surface area contributed by atoms with Gasteiger partial charge in [0.25, 0.3) is 0 Å². The normalized spacial score (nSPS) is 18.2. The van der Waals surface area contributed by atoms with Gasteiger partial charge in [0, 0.05) is 31.4 Å². The van der Waals surface area contributed by atoms with Crippen molar-refractivity contribution in [2.45, 2.75) is 26.4 Å². The van der Waals surface area contributed by atoms with Crippen LogP contribution in [0.1, 0.15) is 20.3 Å². The summed E-state index contributed by atoms with van der Waals surface area (Å²) in [5, 5.41) is 6.36. The molecule has 1 unspecified atom stereocenters. The van der Waals surface area contributed by atoms with Crippen LogP contribution in [0.15, 0.2) is 23.2 Å². The van der Waals surface area contributed by atoms with Gasteiger partial charge < -0.3 is 20.1 Å². The van der Waals surface area contributed by atoms with Crippen molar-refractivity contribution in [2.24, 2.45) is 10.9 Å². The zero-order chi connectivity index (χ0) is 20.6. The van der Waals surface area contributed by atoms with E-state index in [9.17, 15) is 13.2 Å². The third kappa shape index (κ3) is 7.10. The Morgan fingerprint density at radius 1 is 1.29 bits per heavy atom. The van der Waals surface area contributed by atoms with Crippen molar-refractivity contribution in [3.63, 3.8) is 0 Å². The van der Waals surface area contributed by atoms with Crippen LogP contribution in [0, 0.1) is 5.92 Å². The molecule has 0 spiro atoms. The van der Waals surface area contributed by atoms with Crippen LogP contribution in [0.25, 0.3) is 0 Å². The minimum atomic E-state index is -4.15. The number of benzene rings is 1. The lowest BCUT2D eigenvalue weighted by atomic mass is 10.1. The maximum absolute atomic E-state index is 12.5. The molecule has 1 fully saturated rings. The van der Waals surface area contributed by atoms with E-state index in [1.165, 1.54) is 4.90 Å². The van der Waals surface area contributed by atoms with Crippen molar-refractivity contribution in [3.05, 3.63) is 18.2 Å². The summed E-state index contributed by atoms with van der Waals surface area (Å²) in [7, 11) is 1.58. The number of aliphatic imine (C=N–C) groups is 1. The molecule has 2 rings (SSSR count). The van der Waals surface area contributed by atoms with Crippen molar-refractivity contribution in [2.75, 3.05) is 51.8 Å². The van der Waals surface area contributed by atoms with Gasteiger partial charge in [0.2, 0.25) is 0 Å². The Labute approximate surface area is 164 Å². The second-order valence-electron chi connectivity index (χ2n) is 6.65. The fourth-order valence-corrected chi connectivity index (χ4v) is 3.14. The molecular weight excluding hydrogens is 373 g/mol. The molecule has 1 heterocycles. The zero-order valence-electron chi connectivity index (χ0n) is 16.6. The lowest BCUT2D eigenvalue weighted by Crippen LogP contribution is -2.33. The number of nitrogens with one attached hydrogen (secondary N) is 2. The first-order valence-corrected chi connectivity index (χ1v) is 9.49. The largest absolute Gasteiger partial charge is 0.493 e. The summed E-state index contributed by atoms with van der Waals surface area (Å²) in [5.74, 6) is 1.98. The number of halogens is 3. The number of alkyl halides is 3. The fourth-order valence-electron chi connectivity index (χ4n) is 3.14. The van der Waals surface area contributed by atoms with Gasteiger partial charge >= 0.3 is 6.18 Å². The molecule has 28 heavy (non-hydrogen) atoms. The molecule has 1 aromatic rings. The van der Waals surface area contributed by atoms with Crippen molar-refractivity contribution in [1.29, 1.82) is 0 Å². The Hall–Kier alpha value is -2.16. The number of rotatable bonds is 8. The number of guanidine groups is 1. The predicted octanol–water partition coefficient (Wildman–Crippen LogP) is 3.36. The molecule has 1 saturated heterocycles. The summed E-state index contributed by atoms with van der Waals surface area (Å²) in [4.78, 5) is 5.99. The fraction of sp³-hybridized carbons (Fsp3) is 0.632. The predicted molar refractivity (Wildman–Crippen MR) is 104 cm³/mol. The summed E-state index contributed by atoms with van der Waals surface area (Å²) in [5.41, 5.74) is 0.783. The minimum Gasteiger partial charge on any atom is -0.493 e. The quantitative estimate of drug-likeness (QED) is 0.516. The number of nitrogens with zero attached hydrogens (tertiary/aromatic N) is 2. The molecule has 1 atom stereocenters. The second-order valence-corrected chi connectivity index (χ2v) is 6.65. The molecule has 0 saturated carbocycles. The van der Waals surface area contributed by atoms with Crippen LogP contribution in [0.5, 0.6) is 11.5 Å².